The van der Waals surface area contributed by atoms with Crippen molar-refractivity contribution < 1.29 is 8.42 Å². The van der Waals surface area contributed by atoms with E-state index in [9.17, 15) is 8.42 Å². The number of thioether (sulfide) groups is 1. The Labute approximate surface area is 129 Å². The number of nitrogens with two attached hydrogens (primary N) is 1. The van der Waals surface area contributed by atoms with Gasteiger partial charge in [0.15, 0.2) is 0 Å². The summed E-state index contributed by atoms with van der Waals surface area (Å²) in [6.45, 7) is 0. The van der Waals surface area contributed by atoms with Gasteiger partial charge in [-0.2, -0.15) is 11.8 Å². The van der Waals surface area contributed by atoms with Crippen LogP contribution in [0.15, 0.2) is 23.1 Å². The molecule has 0 bridgehead atoms. The number of nitrogens with one attached hydrogen (secondary N) is 1. The third-order valence-corrected chi connectivity index (χ3v) is 6.71. The zero-order chi connectivity index (χ0) is 14.8. The third kappa shape index (κ3) is 3.81. The Bertz CT molecular complexity index is 570. The minimum Gasteiger partial charge on any atom is -0.399 e. The highest BCUT2D eigenvalue weighted by Crippen LogP contribution is 2.29. The maximum absolute atomic E-state index is 12.4. The Kier molecular flexibility index (Phi) is 5.23. The number of rotatable bonds is 4. The first-order valence-electron chi connectivity index (χ1n) is 6.52. The van der Waals surface area contributed by atoms with Crippen LogP contribution in [0.1, 0.15) is 25.7 Å². The molecule has 0 saturated heterocycles. The van der Waals surface area contributed by atoms with Gasteiger partial charge in [-0.1, -0.05) is 11.6 Å². The van der Waals surface area contributed by atoms with Crippen LogP contribution in [0.25, 0.3) is 0 Å². The smallest absolute Gasteiger partial charge is 0.242 e. The summed E-state index contributed by atoms with van der Waals surface area (Å²) in [5.41, 5.74) is 6.03. The normalized spacial score (nSPS) is 23.7. The van der Waals surface area contributed by atoms with Gasteiger partial charge in [-0.15, -0.1) is 0 Å². The maximum atomic E-state index is 12.4. The molecule has 1 aromatic carbocycles. The van der Waals surface area contributed by atoms with Crippen LogP contribution in [0, 0.1) is 0 Å². The number of nitrogen functional groups attached to an aromatic ring is 1. The van der Waals surface area contributed by atoms with Crippen LogP contribution in [0.5, 0.6) is 0 Å². The molecule has 0 spiro atoms. The first-order valence-corrected chi connectivity index (χ1v) is 9.67. The van der Waals surface area contributed by atoms with Crippen molar-refractivity contribution in [3.05, 3.63) is 23.2 Å². The standard InChI is InChI=1S/C13H19ClN2O2S2/c1-19-11-5-3-10(4-6-11)16-20(17,18)13-8-9(15)2-7-12(13)14/h2,7-8,10-11,16H,3-6,15H2,1H3. The average molecular weight is 335 g/mol. The van der Waals surface area contributed by atoms with E-state index in [1.54, 1.807) is 6.07 Å². The van der Waals surface area contributed by atoms with Crippen LogP contribution in [0.3, 0.4) is 0 Å². The number of hydrogen-bond acceptors (Lipinski definition) is 4. The molecule has 0 radical (unpaired) electrons. The van der Waals surface area contributed by atoms with E-state index in [1.165, 1.54) is 12.1 Å². The van der Waals surface area contributed by atoms with E-state index in [1.807, 2.05) is 11.8 Å². The lowest BCUT2D eigenvalue weighted by Crippen LogP contribution is -2.38. The molecule has 1 aliphatic rings. The van der Waals surface area contributed by atoms with Gasteiger partial charge >= 0.3 is 0 Å². The predicted molar refractivity (Wildman–Crippen MR) is 85.7 cm³/mol. The van der Waals surface area contributed by atoms with Gasteiger partial charge < -0.3 is 5.73 Å². The second kappa shape index (κ2) is 6.56. The fourth-order valence-corrected chi connectivity index (χ4v) is 5.01. The first-order chi connectivity index (χ1) is 9.42. The third-order valence-electron chi connectivity index (χ3n) is 3.57. The van der Waals surface area contributed by atoms with Gasteiger partial charge in [-0.25, -0.2) is 13.1 Å². The molecule has 1 aromatic rings. The highest BCUT2D eigenvalue weighted by molar-refractivity contribution is 7.99. The van der Waals surface area contributed by atoms with E-state index in [4.69, 9.17) is 17.3 Å². The Balaban J connectivity index is 2.10. The molecule has 0 amide bonds. The molecule has 112 valence electrons. The van der Waals surface area contributed by atoms with Crippen LogP contribution in [-0.4, -0.2) is 26.0 Å². The van der Waals surface area contributed by atoms with Crippen molar-refractivity contribution in [1.82, 2.24) is 4.72 Å². The molecule has 0 aliphatic heterocycles. The molecule has 0 unspecified atom stereocenters. The molecule has 0 aromatic heterocycles. The highest BCUT2D eigenvalue weighted by atomic mass is 35.5. The molecule has 0 atom stereocenters. The number of halogens is 1. The van der Waals surface area contributed by atoms with Gasteiger partial charge in [0.25, 0.3) is 0 Å². The van der Waals surface area contributed by atoms with Crippen molar-refractivity contribution in [3.8, 4) is 0 Å². The summed E-state index contributed by atoms with van der Waals surface area (Å²) in [6, 6.07) is 4.49. The summed E-state index contributed by atoms with van der Waals surface area (Å²) in [7, 11) is -3.61. The summed E-state index contributed by atoms with van der Waals surface area (Å²) in [5.74, 6) is 0. The van der Waals surface area contributed by atoms with Crippen molar-refractivity contribution in [3.63, 3.8) is 0 Å². The predicted octanol–water partition coefficient (Wildman–Crippen LogP) is 2.87. The monoisotopic (exact) mass is 334 g/mol. The van der Waals surface area contributed by atoms with E-state index < -0.39 is 10.0 Å². The van der Waals surface area contributed by atoms with Crippen molar-refractivity contribution in [2.24, 2.45) is 0 Å². The van der Waals surface area contributed by atoms with Gasteiger partial charge in [0.2, 0.25) is 10.0 Å². The molecule has 20 heavy (non-hydrogen) atoms. The van der Waals surface area contributed by atoms with E-state index in [0.29, 0.717) is 10.9 Å². The number of hydrogen-bond donors (Lipinski definition) is 2. The SMILES string of the molecule is CSC1CCC(NS(=O)(=O)c2cc(N)ccc2Cl)CC1. The number of anilines is 1. The largest absolute Gasteiger partial charge is 0.399 e. The Morgan fingerprint density at radius 3 is 2.55 bits per heavy atom. The van der Waals surface area contributed by atoms with E-state index in [2.05, 4.69) is 11.0 Å². The maximum Gasteiger partial charge on any atom is 0.242 e. The van der Waals surface area contributed by atoms with Gasteiger partial charge in [0, 0.05) is 17.0 Å². The van der Waals surface area contributed by atoms with Crippen molar-refractivity contribution in [2.75, 3.05) is 12.0 Å². The summed E-state index contributed by atoms with van der Waals surface area (Å²) in [4.78, 5) is 0.0613. The molecule has 2 rings (SSSR count). The molecule has 1 aliphatic carbocycles. The van der Waals surface area contributed by atoms with Crippen molar-refractivity contribution in [1.29, 1.82) is 0 Å². The van der Waals surface area contributed by atoms with E-state index in [-0.39, 0.29) is 16.0 Å². The van der Waals surface area contributed by atoms with E-state index in [0.717, 1.165) is 25.7 Å². The molecular formula is C13H19ClN2O2S2. The molecule has 0 heterocycles. The lowest BCUT2D eigenvalue weighted by molar-refractivity contribution is 0.420. The van der Waals surface area contributed by atoms with Crippen molar-refractivity contribution >= 4 is 39.1 Å². The zero-order valence-corrected chi connectivity index (χ0v) is 13.7. The fraction of sp³-hybridized carbons (Fsp3) is 0.538. The van der Waals surface area contributed by atoms with Crippen LogP contribution < -0.4 is 10.5 Å². The molecule has 1 saturated carbocycles. The first kappa shape index (κ1) is 15.9. The number of benzene rings is 1. The molecule has 1 fully saturated rings. The molecular weight excluding hydrogens is 316 g/mol. The summed E-state index contributed by atoms with van der Waals surface area (Å²) < 4.78 is 27.5. The molecule has 3 N–H and O–H groups in total. The highest BCUT2D eigenvalue weighted by Gasteiger charge is 2.26. The number of sulfonamides is 1. The fourth-order valence-electron chi connectivity index (χ4n) is 2.43. The van der Waals surface area contributed by atoms with Crippen LogP contribution in [0.2, 0.25) is 5.02 Å². The Hall–Kier alpha value is -0.430. The van der Waals surface area contributed by atoms with Crippen LogP contribution in [-0.2, 0) is 10.0 Å². The summed E-state index contributed by atoms with van der Waals surface area (Å²) in [6.07, 6.45) is 5.91. The summed E-state index contributed by atoms with van der Waals surface area (Å²) in [5, 5.41) is 0.844. The quantitative estimate of drug-likeness (QED) is 0.830. The van der Waals surface area contributed by atoms with Crippen molar-refractivity contribution in [2.45, 2.75) is 41.9 Å². The second-order valence-corrected chi connectivity index (χ2v) is 8.25. The second-order valence-electron chi connectivity index (χ2n) is 5.02. The minimum absolute atomic E-state index is 0.0131. The lowest BCUT2D eigenvalue weighted by atomic mass is 9.96. The average Bonchev–Trinajstić information content (AvgIpc) is 2.42. The topological polar surface area (TPSA) is 72.2 Å². The molecule has 7 heteroatoms. The Morgan fingerprint density at radius 1 is 1.30 bits per heavy atom. The Morgan fingerprint density at radius 2 is 1.95 bits per heavy atom. The van der Waals surface area contributed by atoms with Gasteiger partial charge in [-0.05, 0) is 50.1 Å². The minimum atomic E-state index is -3.61. The molecule has 4 nitrogen and oxygen atoms in total. The van der Waals surface area contributed by atoms with E-state index >= 15 is 0 Å². The summed E-state index contributed by atoms with van der Waals surface area (Å²) >= 11 is 7.82. The van der Waals surface area contributed by atoms with Gasteiger partial charge in [-0.3, -0.25) is 0 Å². The zero-order valence-electron chi connectivity index (χ0n) is 11.3. The van der Waals surface area contributed by atoms with Crippen LogP contribution in [0.4, 0.5) is 5.69 Å². The van der Waals surface area contributed by atoms with Gasteiger partial charge in [0.05, 0.1) is 5.02 Å². The lowest BCUT2D eigenvalue weighted by Gasteiger charge is -2.27. The van der Waals surface area contributed by atoms with Crippen LogP contribution >= 0.6 is 23.4 Å². The van der Waals surface area contributed by atoms with Gasteiger partial charge in [0.1, 0.15) is 4.90 Å².